The molecule has 2 heterocycles. The zero-order valence-corrected chi connectivity index (χ0v) is 16.2. The second-order valence-corrected chi connectivity index (χ2v) is 7.30. The molecule has 0 bridgehead atoms. The summed E-state index contributed by atoms with van der Waals surface area (Å²) in [6.45, 7) is 2.58. The van der Waals surface area contributed by atoms with Crippen LogP contribution in [-0.2, 0) is 17.8 Å². The first-order valence-corrected chi connectivity index (χ1v) is 9.26. The molecule has 136 valence electrons. The number of rotatable bonds is 5. The molecule has 0 aliphatic carbocycles. The van der Waals surface area contributed by atoms with Gasteiger partial charge in [0, 0.05) is 15.4 Å². The van der Waals surface area contributed by atoms with Gasteiger partial charge in [-0.15, -0.1) is 5.10 Å². The molecule has 2 aromatic carbocycles. The van der Waals surface area contributed by atoms with Gasteiger partial charge in [-0.2, -0.15) is 0 Å². The fourth-order valence-electron chi connectivity index (χ4n) is 2.92. The minimum absolute atomic E-state index is 0.182. The van der Waals surface area contributed by atoms with Gasteiger partial charge in [-0.3, -0.25) is 10.1 Å². The Morgan fingerprint density at radius 3 is 3.00 bits per heavy atom. The average Bonchev–Trinajstić information content (AvgIpc) is 3.21. The first kappa shape index (κ1) is 17.5. The van der Waals surface area contributed by atoms with Crippen LogP contribution in [0.15, 0.2) is 63.9 Å². The molecule has 4 aromatic rings. The smallest absolute Gasteiger partial charge is 0.248 e. The number of nitrogens with zero attached hydrogens (tertiary/aromatic N) is 3. The summed E-state index contributed by atoms with van der Waals surface area (Å²) < 4.78 is 8.24. The van der Waals surface area contributed by atoms with E-state index in [-0.39, 0.29) is 12.3 Å². The van der Waals surface area contributed by atoms with Gasteiger partial charge in [0.25, 0.3) is 0 Å². The van der Waals surface area contributed by atoms with Crippen LogP contribution in [0.4, 0.5) is 5.95 Å². The van der Waals surface area contributed by atoms with Crippen molar-refractivity contribution in [2.24, 2.45) is 0 Å². The van der Waals surface area contributed by atoms with Crippen LogP contribution >= 0.6 is 15.9 Å². The first-order valence-electron chi connectivity index (χ1n) is 8.47. The molecule has 2 aromatic heterocycles. The number of benzene rings is 2. The van der Waals surface area contributed by atoms with Gasteiger partial charge in [0.2, 0.25) is 11.9 Å². The Hall–Kier alpha value is -2.93. The number of carbonyl (C=O) groups excluding carboxylic acids is 1. The lowest BCUT2D eigenvalue weighted by atomic mass is 10.1. The molecule has 0 aliphatic rings. The van der Waals surface area contributed by atoms with E-state index in [0.29, 0.717) is 12.5 Å². The van der Waals surface area contributed by atoms with Gasteiger partial charge in [0.15, 0.2) is 0 Å². The monoisotopic (exact) mass is 424 g/mol. The quantitative estimate of drug-likeness (QED) is 0.517. The van der Waals surface area contributed by atoms with E-state index in [9.17, 15) is 4.79 Å². The minimum Gasteiger partial charge on any atom is -0.464 e. The van der Waals surface area contributed by atoms with E-state index in [4.69, 9.17) is 4.42 Å². The number of hydrogen-bond donors (Lipinski definition) is 1. The third-order valence-electron chi connectivity index (χ3n) is 4.18. The standard InChI is InChI=1S/C20H17BrN4O2/c1-13-5-6-17-15(11-27-18(17)7-13)9-19(26)23-20-22-12-25(24-20)10-14-3-2-4-16(21)8-14/h2-8,11-12H,9-10H2,1H3,(H,23,24,26). The maximum absolute atomic E-state index is 12.4. The molecule has 0 atom stereocenters. The van der Waals surface area contributed by atoms with E-state index in [1.165, 1.54) is 0 Å². The molecule has 6 nitrogen and oxygen atoms in total. The number of amides is 1. The first-order chi connectivity index (χ1) is 13.1. The summed E-state index contributed by atoms with van der Waals surface area (Å²) in [4.78, 5) is 16.5. The van der Waals surface area contributed by atoms with E-state index in [0.717, 1.165) is 32.1 Å². The molecule has 0 spiro atoms. The summed E-state index contributed by atoms with van der Waals surface area (Å²) in [6, 6.07) is 13.9. The number of hydrogen-bond acceptors (Lipinski definition) is 4. The lowest BCUT2D eigenvalue weighted by Gasteiger charge is -2.02. The summed E-state index contributed by atoms with van der Waals surface area (Å²) in [5, 5.41) is 8.00. The number of fused-ring (bicyclic) bond motifs is 1. The maximum Gasteiger partial charge on any atom is 0.248 e. The third-order valence-corrected chi connectivity index (χ3v) is 4.68. The lowest BCUT2D eigenvalue weighted by molar-refractivity contribution is -0.115. The van der Waals surface area contributed by atoms with Crippen LogP contribution in [0, 0.1) is 6.92 Å². The van der Waals surface area contributed by atoms with Crippen molar-refractivity contribution < 1.29 is 9.21 Å². The Morgan fingerprint density at radius 1 is 1.26 bits per heavy atom. The average molecular weight is 425 g/mol. The summed E-state index contributed by atoms with van der Waals surface area (Å²) in [5.41, 5.74) is 3.84. The van der Waals surface area contributed by atoms with E-state index in [1.807, 2.05) is 49.4 Å². The van der Waals surface area contributed by atoms with E-state index >= 15 is 0 Å². The van der Waals surface area contributed by atoms with Gasteiger partial charge < -0.3 is 4.42 Å². The maximum atomic E-state index is 12.4. The zero-order valence-electron chi connectivity index (χ0n) is 14.6. The molecular formula is C20H17BrN4O2. The lowest BCUT2D eigenvalue weighted by Crippen LogP contribution is -2.15. The van der Waals surface area contributed by atoms with Crippen LogP contribution in [0.25, 0.3) is 11.0 Å². The Morgan fingerprint density at radius 2 is 2.15 bits per heavy atom. The number of aryl methyl sites for hydroxylation is 1. The van der Waals surface area contributed by atoms with E-state index in [1.54, 1.807) is 17.3 Å². The second kappa shape index (κ2) is 7.36. The van der Waals surface area contributed by atoms with Crippen LogP contribution in [0.5, 0.6) is 0 Å². The van der Waals surface area contributed by atoms with Gasteiger partial charge in [-0.05, 0) is 36.2 Å². The molecule has 0 radical (unpaired) electrons. The van der Waals surface area contributed by atoms with Crippen molar-refractivity contribution in [2.45, 2.75) is 19.9 Å². The summed E-state index contributed by atoms with van der Waals surface area (Å²) in [7, 11) is 0. The van der Waals surface area contributed by atoms with Crippen LogP contribution in [0.1, 0.15) is 16.7 Å². The third kappa shape index (κ3) is 4.09. The summed E-state index contributed by atoms with van der Waals surface area (Å²) in [5.74, 6) is 0.108. The Labute approximate surface area is 164 Å². The van der Waals surface area contributed by atoms with Crippen LogP contribution in [0.2, 0.25) is 0 Å². The van der Waals surface area contributed by atoms with Crippen LogP contribution < -0.4 is 5.32 Å². The van der Waals surface area contributed by atoms with Crippen molar-refractivity contribution >= 4 is 38.8 Å². The normalized spacial score (nSPS) is 11.0. The Bertz CT molecular complexity index is 1120. The van der Waals surface area contributed by atoms with Gasteiger partial charge in [0.1, 0.15) is 11.9 Å². The highest BCUT2D eigenvalue weighted by molar-refractivity contribution is 9.10. The Kier molecular flexibility index (Phi) is 4.77. The summed E-state index contributed by atoms with van der Waals surface area (Å²) in [6.07, 6.45) is 3.44. The fraction of sp³-hybridized carbons (Fsp3) is 0.150. The van der Waals surface area contributed by atoms with Crippen molar-refractivity contribution in [3.05, 3.63) is 76.2 Å². The molecule has 0 fully saturated rings. The minimum atomic E-state index is -0.182. The van der Waals surface area contributed by atoms with E-state index < -0.39 is 0 Å². The van der Waals surface area contributed by atoms with Crippen molar-refractivity contribution in [1.29, 1.82) is 0 Å². The number of furan rings is 1. The second-order valence-electron chi connectivity index (χ2n) is 6.38. The molecule has 0 unspecified atom stereocenters. The number of carbonyl (C=O) groups is 1. The highest BCUT2D eigenvalue weighted by Gasteiger charge is 2.12. The molecule has 7 heteroatoms. The topological polar surface area (TPSA) is 73.0 Å². The van der Waals surface area contributed by atoms with Crippen molar-refractivity contribution in [2.75, 3.05) is 5.32 Å². The van der Waals surface area contributed by atoms with Gasteiger partial charge in [-0.1, -0.05) is 40.2 Å². The molecule has 0 saturated carbocycles. The number of aromatic nitrogens is 3. The molecule has 1 amide bonds. The van der Waals surface area contributed by atoms with E-state index in [2.05, 4.69) is 31.3 Å². The molecule has 27 heavy (non-hydrogen) atoms. The van der Waals surface area contributed by atoms with Crippen LogP contribution in [0.3, 0.4) is 0 Å². The highest BCUT2D eigenvalue weighted by atomic mass is 79.9. The molecular weight excluding hydrogens is 408 g/mol. The number of halogens is 1. The molecule has 4 rings (SSSR count). The van der Waals surface area contributed by atoms with Crippen molar-refractivity contribution in [3.8, 4) is 0 Å². The fourth-order valence-corrected chi connectivity index (χ4v) is 3.37. The van der Waals surface area contributed by atoms with Gasteiger partial charge in [-0.25, -0.2) is 9.67 Å². The Balaban J connectivity index is 1.41. The predicted octanol–water partition coefficient (Wildman–Crippen LogP) is 4.32. The predicted molar refractivity (Wildman–Crippen MR) is 107 cm³/mol. The molecule has 1 N–H and O–H groups in total. The molecule has 0 aliphatic heterocycles. The van der Waals surface area contributed by atoms with Gasteiger partial charge in [0.05, 0.1) is 19.2 Å². The van der Waals surface area contributed by atoms with Crippen molar-refractivity contribution in [1.82, 2.24) is 14.8 Å². The van der Waals surface area contributed by atoms with Crippen molar-refractivity contribution in [3.63, 3.8) is 0 Å². The van der Waals surface area contributed by atoms with Gasteiger partial charge >= 0.3 is 0 Å². The molecule has 0 saturated heterocycles. The highest BCUT2D eigenvalue weighted by Crippen LogP contribution is 2.23. The number of anilines is 1. The number of nitrogens with one attached hydrogen (secondary N) is 1. The van der Waals surface area contributed by atoms with Crippen LogP contribution in [-0.4, -0.2) is 20.7 Å². The zero-order chi connectivity index (χ0) is 18.8. The SMILES string of the molecule is Cc1ccc2c(CC(=O)Nc3ncn(Cc4cccc(Br)c4)n3)coc2c1. The summed E-state index contributed by atoms with van der Waals surface area (Å²) >= 11 is 3.45. The largest absolute Gasteiger partial charge is 0.464 e.